The summed E-state index contributed by atoms with van der Waals surface area (Å²) in [6, 6.07) is 0. The first-order chi connectivity index (χ1) is 24.9. The number of carbonyl (C=O) groups is 3. The van der Waals surface area contributed by atoms with Crippen LogP contribution in [-0.4, -0.2) is 37.2 Å². The van der Waals surface area contributed by atoms with Crippen LogP contribution < -0.4 is 0 Å². The molecule has 0 saturated heterocycles. The molecular weight excluding hydrogens is 636 g/mol. The van der Waals surface area contributed by atoms with Gasteiger partial charge in [-0.1, -0.05) is 207 Å². The average Bonchev–Trinajstić information content (AvgIpc) is 3.11. The largest absolute Gasteiger partial charge is 0.462 e. The first-order valence-corrected chi connectivity index (χ1v) is 22.4. The summed E-state index contributed by atoms with van der Waals surface area (Å²) in [4.78, 5) is 37.4. The molecule has 0 aliphatic carbocycles. The molecule has 51 heavy (non-hydrogen) atoms. The molecule has 0 N–H and O–H groups in total. The van der Waals surface area contributed by atoms with Crippen molar-refractivity contribution in [1.29, 1.82) is 0 Å². The van der Waals surface area contributed by atoms with E-state index in [1.807, 2.05) is 0 Å². The lowest BCUT2D eigenvalue weighted by molar-refractivity contribution is -0.167. The summed E-state index contributed by atoms with van der Waals surface area (Å²) in [5.74, 6) is -0.0354. The Morgan fingerprint density at radius 1 is 0.373 bits per heavy atom. The highest BCUT2D eigenvalue weighted by Gasteiger charge is 2.19. The smallest absolute Gasteiger partial charge is 0.306 e. The lowest BCUT2D eigenvalue weighted by Gasteiger charge is -2.18. The molecule has 0 heterocycles. The Kier molecular flexibility index (Phi) is 38.4. The van der Waals surface area contributed by atoms with Gasteiger partial charge in [-0.15, -0.1) is 0 Å². The van der Waals surface area contributed by atoms with Crippen molar-refractivity contribution in [1.82, 2.24) is 0 Å². The van der Waals surface area contributed by atoms with E-state index in [0.29, 0.717) is 19.3 Å². The first-order valence-electron chi connectivity index (χ1n) is 22.4. The molecule has 0 spiro atoms. The van der Waals surface area contributed by atoms with Crippen molar-refractivity contribution in [3.05, 3.63) is 0 Å². The summed E-state index contributed by atoms with van der Waals surface area (Å²) < 4.78 is 16.6. The van der Waals surface area contributed by atoms with Crippen LogP contribution in [0.5, 0.6) is 0 Å². The minimum Gasteiger partial charge on any atom is -0.462 e. The fourth-order valence-corrected chi connectivity index (χ4v) is 6.63. The maximum Gasteiger partial charge on any atom is 0.306 e. The van der Waals surface area contributed by atoms with Crippen molar-refractivity contribution in [2.45, 2.75) is 252 Å². The van der Waals surface area contributed by atoms with Gasteiger partial charge in [0.2, 0.25) is 0 Å². The maximum absolute atomic E-state index is 12.5. The molecule has 0 rings (SSSR count). The highest BCUT2D eigenvalue weighted by Crippen LogP contribution is 2.16. The summed E-state index contributed by atoms with van der Waals surface area (Å²) in [7, 11) is 0. The van der Waals surface area contributed by atoms with Crippen LogP contribution in [0.25, 0.3) is 0 Å². The molecule has 0 radical (unpaired) electrons. The van der Waals surface area contributed by atoms with Gasteiger partial charge in [-0.2, -0.15) is 0 Å². The minimum atomic E-state index is -0.757. The standard InChI is InChI=1S/C45H86O6/c1-5-7-9-11-12-13-14-15-19-22-25-29-32-36-43(46)49-39-42(51-45(48)38-34-27-10-8-6-2)40-50-44(47)37-33-30-26-23-20-17-16-18-21-24-28-31-35-41(3)4/h41-42H,5-40H2,1-4H3/t42-/m1/s1. The molecule has 6 nitrogen and oxygen atoms in total. The zero-order valence-corrected chi connectivity index (χ0v) is 34.6. The molecule has 0 bridgehead atoms. The molecule has 0 aromatic carbocycles. The molecule has 0 aliphatic heterocycles. The van der Waals surface area contributed by atoms with Gasteiger partial charge in [-0.3, -0.25) is 14.4 Å². The lowest BCUT2D eigenvalue weighted by Crippen LogP contribution is -2.30. The topological polar surface area (TPSA) is 78.9 Å². The normalized spacial score (nSPS) is 11.9. The third-order valence-corrected chi connectivity index (χ3v) is 10.0. The van der Waals surface area contributed by atoms with Crippen LogP contribution in [0, 0.1) is 5.92 Å². The molecule has 0 fully saturated rings. The quantitative estimate of drug-likeness (QED) is 0.0356. The Bertz CT molecular complexity index is 766. The van der Waals surface area contributed by atoms with E-state index in [1.54, 1.807) is 0 Å². The van der Waals surface area contributed by atoms with Crippen molar-refractivity contribution in [3.63, 3.8) is 0 Å². The summed E-state index contributed by atoms with van der Waals surface area (Å²) in [6.07, 6.45) is 38.3. The van der Waals surface area contributed by atoms with Crippen LogP contribution in [0.4, 0.5) is 0 Å². The molecule has 0 unspecified atom stereocenters. The van der Waals surface area contributed by atoms with Crippen LogP contribution in [-0.2, 0) is 28.6 Å². The van der Waals surface area contributed by atoms with Crippen molar-refractivity contribution in [2.24, 2.45) is 5.92 Å². The van der Waals surface area contributed by atoms with Crippen molar-refractivity contribution in [3.8, 4) is 0 Å². The number of unbranched alkanes of at least 4 members (excludes halogenated alkanes) is 27. The Balaban J connectivity index is 4.14. The SMILES string of the molecule is CCCCCCCCCCCCCCCC(=O)OC[C@H](COC(=O)CCCCCCCCCCCCCCC(C)C)OC(=O)CCCCCCC. The van der Waals surface area contributed by atoms with Crippen LogP contribution in [0.1, 0.15) is 246 Å². The van der Waals surface area contributed by atoms with E-state index < -0.39 is 6.10 Å². The van der Waals surface area contributed by atoms with E-state index >= 15 is 0 Å². The number of hydrogen-bond donors (Lipinski definition) is 0. The molecule has 0 amide bonds. The Morgan fingerprint density at radius 3 is 0.961 bits per heavy atom. The monoisotopic (exact) mass is 723 g/mol. The molecule has 0 aliphatic rings. The summed E-state index contributed by atoms with van der Waals surface area (Å²) in [5.41, 5.74) is 0. The second-order valence-corrected chi connectivity index (χ2v) is 15.8. The van der Waals surface area contributed by atoms with Crippen LogP contribution >= 0.6 is 0 Å². The molecule has 0 aromatic heterocycles. The second kappa shape index (κ2) is 39.6. The number of hydrogen-bond acceptors (Lipinski definition) is 6. The molecule has 6 heteroatoms. The zero-order valence-electron chi connectivity index (χ0n) is 34.6. The van der Waals surface area contributed by atoms with Gasteiger partial charge in [0.15, 0.2) is 6.10 Å². The average molecular weight is 723 g/mol. The van der Waals surface area contributed by atoms with E-state index in [9.17, 15) is 14.4 Å². The highest BCUT2D eigenvalue weighted by molar-refractivity contribution is 5.71. The van der Waals surface area contributed by atoms with E-state index in [4.69, 9.17) is 14.2 Å². The van der Waals surface area contributed by atoms with E-state index in [-0.39, 0.29) is 31.1 Å². The zero-order chi connectivity index (χ0) is 37.5. The van der Waals surface area contributed by atoms with E-state index in [1.165, 1.54) is 135 Å². The van der Waals surface area contributed by atoms with Gasteiger partial charge < -0.3 is 14.2 Å². The van der Waals surface area contributed by atoms with Crippen molar-refractivity contribution >= 4 is 17.9 Å². The van der Waals surface area contributed by atoms with Gasteiger partial charge >= 0.3 is 17.9 Å². The van der Waals surface area contributed by atoms with Gasteiger partial charge in [0.1, 0.15) is 13.2 Å². The van der Waals surface area contributed by atoms with Crippen molar-refractivity contribution < 1.29 is 28.6 Å². The van der Waals surface area contributed by atoms with E-state index in [2.05, 4.69) is 27.7 Å². The third-order valence-electron chi connectivity index (χ3n) is 10.0. The summed E-state index contributed by atoms with van der Waals surface area (Å²) in [6.45, 7) is 8.91. The highest BCUT2D eigenvalue weighted by atomic mass is 16.6. The Morgan fingerprint density at radius 2 is 0.647 bits per heavy atom. The molecule has 0 saturated carbocycles. The van der Waals surface area contributed by atoms with E-state index in [0.717, 1.165) is 70.1 Å². The number of rotatable bonds is 40. The van der Waals surface area contributed by atoms with Crippen molar-refractivity contribution in [2.75, 3.05) is 13.2 Å². The summed E-state index contributed by atoms with van der Waals surface area (Å²) in [5, 5.41) is 0. The van der Waals surface area contributed by atoms with Gasteiger partial charge in [-0.05, 0) is 25.2 Å². The minimum absolute atomic E-state index is 0.0652. The number of esters is 3. The fraction of sp³-hybridized carbons (Fsp3) is 0.933. The summed E-state index contributed by atoms with van der Waals surface area (Å²) >= 11 is 0. The molecule has 302 valence electrons. The number of ether oxygens (including phenoxy) is 3. The third kappa shape index (κ3) is 39.5. The molecule has 0 aromatic rings. The van der Waals surface area contributed by atoms with Gasteiger partial charge in [0.25, 0.3) is 0 Å². The Hall–Kier alpha value is -1.59. The first kappa shape index (κ1) is 49.4. The lowest BCUT2D eigenvalue weighted by atomic mass is 10.0. The number of carbonyl (C=O) groups excluding carboxylic acids is 3. The molecule has 1 atom stereocenters. The Labute approximate surface area is 317 Å². The predicted octanol–water partition coefficient (Wildman–Crippen LogP) is 13.9. The predicted molar refractivity (Wildman–Crippen MR) is 215 cm³/mol. The van der Waals surface area contributed by atoms with Crippen LogP contribution in [0.15, 0.2) is 0 Å². The van der Waals surface area contributed by atoms with Gasteiger partial charge in [0, 0.05) is 19.3 Å². The maximum atomic E-state index is 12.5. The fourth-order valence-electron chi connectivity index (χ4n) is 6.63. The molecular formula is C45H86O6. The second-order valence-electron chi connectivity index (χ2n) is 15.8. The van der Waals surface area contributed by atoms with Crippen LogP contribution in [0.2, 0.25) is 0 Å². The van der Waals surface area contributed by atoms with Gasteiger partial charge in [0.05, 0.1) is 0 Å². The van der Waals surface area contributed by atoms with Gasteiger partial charge in [-0.25, -0.2) is 0 Å². The van der Waals surface area contributed by atoms with Crippen LogP contribution in [0.3, 0.4) is 0 Å².